The lowest BCUT2D eigenvalue weighted by Crippen LogP contribution is -2.00. The van der Waals surface area contributed by atoms with Crippen molar-refractivity contribution >= 4 is 0 Å². The monoisotopic (exact) mass is 176 g/mol. The van der Waals surface area contributed by atoms with Crippen LogP contribution in [0.2, 0.25) is 0 Å². The second-order valence-corrected chi connectivity index (χ2v) is 4.97. The summed E-state index contributed by atoms with van der Waals surface area (Å²) in [4.78, 5) is 0. The van der Waals surface area contributed by atoms with E-state index in [0.717, 1.165) is 11.8 Å². The van der Waals surface area contributed by atoms with Crippen LogP contribution in [-0.4, -0.2) is 0 Å². The summed E-state index contributed by atoms with van der Waals surface area (Å²) in [5.74, 6) is 1.84. The van der Waals surface area contributed by atoms with Crippen molar-refractivity contribution in [1.29, 1.82) is 0 Å². The highest BCUT2D eigenvalue weighted by molar-refractivity contribution is 5.33. The molecule has 0 saturated heterocycles. The van der Waals surface area contributed by atoms with Crippen molar-refractivity contribution < 1.29 is 0 Å². The quantitative estimate of drug-likeness (QED) is 0.594. The first-order chi connectivity index (χ1) is 6.25. The summed E-state index contributed by atoms with van der Waals surface area (Å²) >= 11 is 0. The Kier molecular flexibility index (Phi) is 2.57. The first-order valence-electron chi connectivity index (χ1n) is 5.63. The van der Waals surface area contributed by atoms with Crippen molar-refractivity contribution in [2.45, 2.75) is 46.0 Å². The molecule has 1 atom stereocenters. The highest BCUT2D eigenvalue weighted by Gasteiger charge is 2.23. The van der Waals surface area contributed by atoms with Gasteiger partial charge in [0, 0.05) is 0 Å². The predicted octanol–water partition coefficient (Wildman–Crippen LogP) is 4.09. The first-order valence-corrected chi connectivity index (χ1v) is 5.63. The lowest BCUT2D eigenvalue weighted by molar-refractivity contribution is 0.423. The van der Waals surface area contributed by atoms with Crippen LogP contribution in [0.1, 0.15) is 46.0 Å². The van der Waals surface area contributed by atoms with Gasteiger partial charge in [0.05, 0.1) is 0 Å². The van der Waals surface area contributed by atoms with Gasteiger partial charge in [0.1, 0.15) is 0 Å². The van der Waals surface area contributed by atoms with E-state index in [2.05, 4.69) is 26.0 Å². The third-order valence-electron chi connectivity index (χ3n) is 3.23. The molecule has 72 valence electrons. The molecule has 2 rings (SSSR count). The van der Waals surface area contributed by atoms with Crippen molar-refractivity contribution in [3.63, 3.8) is 0 Å². The summed E-state index contributed by atoms with van der Waals surface area (Å²) < 4.78 is 0. The van der Waals surface area contributed by atoms with E-state index in [0.29, 0.717) is 0 Å². The predicted molar refractivity (Wildman–Crippen MR) is 57.6 cm³/mol. The summed E-state index contributed by atoms with van der Waals surface area (Å²) in [6.07, 6.45) is 11.5. The third kappa shape index (κ3) is 2.04. The van der Waals surface area contributed by atoms with Crippen molar-refractivity contribution in [3.05, 3.63) is 23.3 Å². The molecule has 0 saturated carbocycles. The topological polar surface area (TPSA) is 0 Å². The van der Waals surface area contributed by atoms with Gasteiger partial charge < -0.3 is 0 Å². The zero-order chi connectivity index (χ0) is 9.26. The van der Waals surface area contributed by atoms with Crippen molar-refractivity contribution in [3.8, 4) is 0 Å². The van der Waals surface area contributed by atoms with Crippen LogP contribution in [0, 0.1) is 11.8 Å². The second-order valence-electron chi connectivity index (χ2n) is 4.97. The van der Waals surface area contributed by atoms with Crippen LogP contribution in [0.25, 0.3) is 0 Å². The van der Waals surface area contributed by atoms with E-state index < -0.39 is 0 Å². The number of hydrogen-bond donors (Lipinski definition) is 0. The van der Waals surface area contributed by atoms with E-state index in [1.807, 2.05) is 0 Å². The van der Waals surface area contributed by atoms with Gasteiger partial charge in [0.25, 0.3) is 0 Å². The average molecular weight is 176 g/mol. The molecule has 13 heavy (non-hydrogen) atoms. The zero-order valence-electron chi connectivity index (χ0n) is 8.84. The maximum absolute atomic E-state index is 2.37. The van der Waals surface area contributed by atoms with Crippen LogP contribution in [-0.2, 0) is 0 Å². The number of allylic oxidation sites excluding steroid dienone is 4. The van der Waals surface area contributed by atoms with Crippen LogP contribution in [0.15, 0.2) is 23.3 Å². The summed E-state index contributed by atoms with van der Waals surface area (Å²) in [6, 6.07) is 0. The fourth-order valence-electron chi connectivity index (χ4n) is 2.77. The van der Waals surface area contributed by atoms with Gasteiger partial charge in [-0.05, 0) is 49.5 Å². The molecule has 0 spiro atoms. The molecule has 0 aromatic carbocycles. The molecular formula is C13H20. The largest absolute Gasteiger partial charge is 0.0839 e. The van der Waals surface area contributed by atoms with E-state index in [4.69, 9.17) is 0 Å². The smallest absolute Gasteiger partial charge is 0.0248 e. The molecule has 0 bridgehead atoms. The molecule has 0 aromatic rings. The lowest BCUT2D eigenvalue weighted by Gasteiger charge is -2.12. The third-order valence-corrected chi connectivity index (χ3v) is 3.23. The van der Waals surface area contributed by atoms with Gasteiger partial charge in [-0.1, -0.05) is 31.6 Å². The van der Waals surface area contributed by atoms with Crippen LogP contribution in [0.5, 0.6) is 0 Å². The molecule has 0 heteroatoms. The molecular weight excluding hydrogens is 156 g/mol. The maximum Gasteiger partial charge on any atom is -0.0248 e. The molecule has 0 amide bonds. The molecule has 0 nitrogen and oxygen atoms in total. The summed E-state index contributed by atoms with van der Waals surface area (Å²) in [7, 11) is 0. The van der Waals surface area contributed by atoms with Crippen LogP contribution < -0.4 is 0 Å². The van der Waals surface area contributed by atoms with Gasteiger partial charge in [-0.2, -0.15) is 0 Å². The highest BCUT2D eigenvalue weighted by Crippen LogP contribution is 2.39. The SMILES string of the molecule is CC(C)CC1CC2=C(CCC=C2)C1. The van der Waals surface area contributed by atoms with Crippen LogP contribution in [0.4, 0.5) is 0 Å². The molecule has 0 aromatic heterocycles. The summed E-state index contributed by atoms with van der Waals surface area (Å²) in [5.41, 5.74) is 3.45. The van der Waals surface area contributed by atoms with Gasteiger partial charge in [0.2, 0.25) is 0 Å². The lowest BCUT2D eigenvalue weighted by atomic mass is 9.93. The average Bonchev–Trinajstić information content (AvgIpc) is 2.44. The Labute approximate surface area is 81.7 Å². The van der Waals surface area contributed by atoms with Gasteiger partial charge in [-0.25, -0.2) is 0 Å². The van der Waals surface area contributed by atoms with E-state index in [1.165, 1.54) is 32.1 Å². The summed E-state index contributed by atoms with van der Waals surface area (Å²) in [5, 5.41) is 0. The Morgan fingerprint density at radius 1 is 1.38 bits per heavy atom. The molecule has 0 aliphatic heterocycles. The second kappa shape index (κ2) is 3.69. The van der Waals surface area contributed by atoms with Crippen molar-refractivity contribution in [2.75, 3.05) is 0 Å². The Balaban J connectivity index is 1.94. The van der Waals surface area contributed by atoms with Crippen molar-refractivity contribution in [1.82, 2.24) is 0 Å². The number of rotatable bonds is 2. The van der Waals surface area contributed by atoms with E-state index in [9.17, 15) is 0 Å². The van der Waals surface area contributed by atoms with Crippen LogP contribution in [0.3, 0.4) is 0 Å². The number of hydrogen-bond acceptors (Lipinski definition) is 0. The first kappa shape index (κ1) is 9.05. The maximum atomic E-state index is 2.37. The molecule has 2 aliphatic rings. The molecule has 0 radical (unpaired) electrons. The van der Waals surface area contributed by atoms with E-state index >= 15 is 0 Å². The minimum Gasteiger partial charge on any atom is -0.0839 e. The molecule has 2 aliphatic carbocycles. The Morgan fingerprint density at radius 3 is 2.92 bits per heavy atom. The zero-order valence-corrected chi connectivity index (χ0v) is 8.84. The normalized spacial score (nSPS) is 27.2. The minimum atomic E-state index is 0.871. The van der Waals surface area contributed by atoms with Crippen LogP contribution >= 0.6 is 0 Å². The fourth-order valence-corrected chi connectivity index (χ4v) is 2.77. The highest BCUT2D eigenvalue weighted by atomic mass is 14.3. The molecule has 1 unspecified atom stereocenters. The Bertz CT molecular complexity index is 243. The molecule has 0 fully saturated rings. The Hall–Kier alpha value is -0.520. The van der Waals surface area contributed by atoms with Gasteiger partial charge in [0.15, 0.2) is 0 Å². The fraction of sp³-hybridized carbons (Fsp3) is 0.692. The molecule has 0 N–H and O–H groups in total. The van der Waals surface area contributed by atoms with Gasteiger partial charge >= 0.3 is 0 Å². The van der Waals surface area contributed by atoms with Gasteiger partial charge in [-0.3, -0.25) is 0 Å². The standard InChI is InChI=1S/C13H20/c1-10(2)7-11-8-12-5-3-4-6-13(12)9-11/h3,5,10-11H,4,6-9H2,1-2H3. The van der Waals surface area contributed by atoms with E-state index in [1.54, 1.807) is 11.1 Å². The van der Waals surface area contributed by atoms with Gasteiger partial charge in [-0.15, -0.1) is 0 Å². The summed E-state index contributed by atoms with van der Waals surface area (Å²) in [6.45, 7) is 4.68. The molecule has 0 heterocycles. The van der Waals surface area contributed by atoms with E-state index in [-0.39, 0.29) is 0 Å². The van der Waals surface area contributed by atoms with Crippen molar-refractivity contribution in [2.24, 2.45) is 11.8 Å². The minimum absolute atomic E-state index is 0.871. The Morgan fingerprint density at radius 2 is 2.23 bits per heavy atom.